The second kappa shape index (κ2) is 6.76. The highest BCUT2D eigenvalue weighted by molar-refractivity contribution is 7.99. The average Bonchev–Trinajstić information content (AvgIpc) is 2.44. The summed E-state index contributed by atoms with van der Waals surface area (Å²) in [6, 6.07) is 14.2. The predicted molar refractivity (Wildman–Crippen MR) is 86.8 cm³/mol. The van der Waals surface area contributed by atoms with Gasteiger partial charge in [0.15, 0.2) is 5.78 Å². The number of benzene rings is 2. The summed E-state index contributed by atoms with van der Waals surface area (Å²) in [5, 5.41) is 0. The van der Waals surface area contributed by atoms with Crippen LogP contribution < -0.4 is 0 Å². The maximum absolute atomic E-state index is 12.3. The van der Waals surface area contributed by atoms with Crippen LogP contribution in [0, 0.1) is 13.8 Å². The van der Waals surface area contributed by atoms with Crippen LogP contribution >= 0.6 is 11.8 Å². The van der Waals surface area contributed by atoms with Gasteiger partial charge in [0.25, 0.3) is 0 Å². The first-order chi connectivity index (χ1) is 9.60. The van der Waals surface area contributed by atoms with Crippen LogP contribution in [0.2, 0.25) is 0 Å². The van der Waals surface area contributed by atoms with Crippen LogP contribution in [0.5, 0.6) is 0 Å². The summed E-state index contributed by atoms with van der Waals surface area (Å²) in [6.07, 6.45) is 0.480. The maximum Gasteiger partial charge on any atom is 0.167 e. The lowest BCUT2D eigenvalue weighted by Crippen LogP contribution is -2.05. The number of ketones is 1. The highest BCUT2D eigenvalue weighted by Gasteiger charge is 2.09. The van der Waals surface area contributed by atoms with Crippen molar-refractivity contribution in [2.75, 3.05) is 5.75 Å². The molecule has 1 nitrogen and oxygen atoms in total. The fourth-order valence-corrected chi connectivity index (χ4v) is 2.83. The van der Waals surface area contributed by atoms with Crippen molar-refractivity contribution in [2.24, 2.45) is 0 Å². The number of hydrogen-bond donors (Lipinski definition) is 0. The molecular formula is C18H20OS. The van der Waals surface area contributed by atoms with E-state index < -0.39 is 0 Å². The van der Waals surface area contributed by atoms with Gasteiger partial charge in [-0.3, -0.25) is 4.79 Å². The monoisotopic (exact) mass is 284 g/mol. The minimum absolute atomic E-state index is 0.187. The number of carbonyl (C=O) groups excluding carboxylic acids is 1. The quantitative estimate of drug-likeness (QED) is 0.577. The molecule has 0 radical (unpaired) electrons. The molecule has 0 aliphatic carbocycles. The van der Waals surface area contributed by atoms with E-state index in [1.807, 2.05) is 24.3 Å². The molecule has 2 aromatic carbocycles. The molecule has 0 fully saturated rings. The van der Waals surface area contributed by atoms with Crippen LogP contribution in [-0.2, 0) is 6.42 Å². The lowest BCUT2D eigenvalue weighted by atomic mass is 9.98. The Labute approximate surface area is 125 Å². The Kier molecular flexibility index (Phi) is 5.02. The summed E-state index contributed by atoms with van der Waals surface area (Å²) >= 11 is 1.79. The molecule has 0 heterocycles. The Morgan fingerprint density at radius 2 is 1.75 bits per heavy atom. The molecule has 0 aliphatic heterocycles. The average molecular weight is 284 g/mol. The van der Waals surface area contributed by atoms with E-state index in [1.54, 1.807) is 11.8 Å². The summed E-state index contributed by atoms with van der Waals surface area (Å²) in [5.41, 5.74) is 4.31. The number of thioether (sulfide) groups is 1. The lowest BCUT2D eigenvalue weighted by Gasteiger charge is -2.07. The SMILES string of the molecule is CCSc1ccc(C(=O)Cc2cc(C)ccc2C)cc1. The van der Waals surface area contributed by atoms with Crippen LogP contribution in [0.1, 0.15) is 34.0 Å². The number of rotatable bonds is 5. The van der Waals surface area contributed by atoms with Gasteiger partial charge in [0, 0.05) is 16.9 Å². The standard InChI is InChI=1S/C18H20OS/c1-4-20-17-9-7-15(8-10-17)18(19)12-16-11-13(2)5-6-14(16)3/h5-11H,4,12H2,1-3H3. The van der Waals surface area contributed by atoms with E-state index in [2.05, 4.69) is 39.0 Å². The van der Waals surface area contributed by atoms with Crippen LogP contribution in [0.25, 0.3) is 0 Å². The summed E-state index contributed by atoms with van der Waals surface area (Å²) < 4.78 is 0. The third-order valence-corrected chi connectivity index (χ3v) is 4.24. The van der Waals surface area contributed by atoms with Gasteiger partial charge in [-0.25, -0.2) is 0 Å². The molecule has 104 valence electrons. The van der Waals surface area contributed by atoms with Gasteiger partial charge in [-0.05, 0) is 42.9 Å². The van der Waals surface area contributed by atoms with Gasteiger partial charge >= 0.3 is 0 Å². The normalized spacial score (nSPS) is 10.6. The van der Waals surface area contributed by atoms with Gasteiger partial charge in [-0.1, -0.05) is 42.8 Å². The molecular weight excluding hydrogens is 264 g/mol. The Morgan fingerprint density at radius 1 is 1.05 bits per heavy atom. The van der Waals surface area contributed by atoms with Crippen LogP contribution in [0.4, 0.5) is 0 Å². The molecule has 0 aliphatic rings. The smallest absolute Gasteiger partial charge is 0.167 e. The van der Waals surface area contributed by atoms with E-state index in [0.717, 1.165) is 16.9 Å². The molecule has 0 N–H and O–H groups in total. The molecule has 20 heavy (non-hydrogen) atoms. The van der Waals surface area contributed by atoms with E-state index in [9.17, 15) is 4.79 Å². The summed E-state index contributed by atoms with van der Waals surface area (Å²) in [7, 11) is 0. The Hall–Kier alpha value is -1.54. The third kappa shape index (κ3) is 3.73. The number of Topliss-reactive ketones (excluding diaryl/α,β-unsaturated/α-hetero) is 1. The number of carbonyl (C=O) groups is 1. The van der Waals surface area contributed by atoms with Crippen molar-refractivity contribution in [1.82, 2.24) is 0 Å². The van der Waals surface area contributed by atoms with Gasteiger partial charge in [0.1, 0.15) is 0 Å². The van der Waals surface area contributed by atoms with Crippen molar-refractivity contribution < 1.29 is 4.79 Å². The molecule has 0 bridgehead atoms. The number of hydrogen-bond acceptors (Lipinski definition) is 2. The summed E-state index contributed by atoms with van der Waals surface area (Å²) in [6.45, 7) is 6.25. The van der Waals surface area contributed by atoms with Crippen LogP contribution in [0.15, 0.2) is 47.4 Å². The second-order valence-electron chi connectivity index (χ2n) is 4.99. The first-order valence-electron chi connectivity index (χ1n) is 6.92. The third-order valence-electron chi connectivity index (χ3n) is 3.34. The Balaban J connectivity index is 2.13. The minimum Gasteiger partial charge on any atom is -0.294 e. The van der Waals surface area contributed by atoms with Crippen molar-refractivity contribution in [3.8, 4) is 0 Å². The van der Waals surface area contributed by atoms with E-state index in [0.29, 0.717) is 6.42 Å². The van der Waals surface area contributed by atoms with Crippen molar-refractivity contribution in [1.29, 1.82) is 0 Å². The van der Waals surface area contributed by atoms with Gasteiger partial charge in [0.05, 0.1) is 0 Å². The predicted octanol–water partition coefficient (Wildman–Crippen LogP) is 4.84. The Morgan fingerprint density at radius 3 is 2.40 bits per heavy atom. The fourth-order valence-electron chi connectivity index (χ4n) is 2.17. The molecule has 2 rings (SSSR count). The van der Waals surface area contributed by atoms with Crippen LogP contribution in [0.3, 0.4) is 0 Å². The molecule has 0 spiro atoms. The van der Waals surface area contributed by atoms with Gasteiger partial charge in [-0.2, -0.15) is 0 Å². The zero-order valence-electron chi connectivity index (χ0n) is 12.3. The van der Waals surface area contributed by atoms with Gasteiger partial charge in [-0.15, -0.1) is 11.8 Å². The zero-order chi connectivity index (χ0) is 14.5. The van der Waals surface area contributed by atoms with Crippen molar-refractivity contribution in [2.45, 2.75) is 32.1 Å². The first-order valence-corrected chi connectivity index (χ1v) is 7.91. The summed E-state index contributed by atoms with van der Waals surface area (Å²) in [5.74, 6) is 1.24. The van der Waals surface area contributed by atoms with E-state index in [1.165, 1.54) is 16.0 Å². The van der Waals surface area contributed by atoms with Gasteiger partial charge < -0.3 is 0 Å². The topological polar surface area (TPSA) is 17.1 Å². The van der Waals surface area contributed by atoms with Gasteiger partial charge in [0.2, 0.25) is 0 Å². The molecule has 0 saturated heterocycles. The molecule has 0 saturated carbocycles. The molecule has 0 aromatic heterocycles. The highest BCUT2D eigenvalue weighted by Crippen LogP contribution is 2.19. The lowest BCUT2D eigenvalue weighted by molar-refractivity contribution is 0.0992. The maximum atomic E-state index is 12.3. The first kappa shape index (κ1) is 14.9. The zero-order valence-corrected chi connectivity index (χ0v) is 13.1. The molecule has 0 unspecified atom stereocenters. The molecule has 2 heteroatoms. The second-order valence-corrected chi connectivity index (χ2v) is 6.32. The minimum atomic E-state index is 0.187. The summed E-state index contributed by atoms with van der Waals surface area (Å²) in [4.78, 5) is 13.6. The van der Waals surface area contributed by atoms with E-state index in [4.69, 9.17) is 0 Å². The van der Waals surface area contributed by atoms with E-state index >= 15 is 0 Å². The number of aryl methyl sites for hydroxylation is 2. The van der Waals surface area contributed by atoms with E-state index in [-0.39, 0.29) is 5.78 Å². The highest BCUT2D eigenvalue weighted by atomic mass is 32.2. The molecule has 0 amide bonds. The van der Waals surface area contributed by atoms with Crippen molar-refractivity contribution in [3.63, 3.8) is 0 Å². The molecule has 2 aromatic rings. The van der Waals surface area contributed by atoms with Crippen LogP contribution in [-0.4, -0.2) is 11.5 Å². The van der Waals surface area contributed by atoms with Crippen molar-refractivity contribution in [3.05, 3.63) is 64.7 Å². The molecule has 0 atom stereocenters. The van der Waals surface area contributed by atoms with Crippen molar-refractivity contribution >= 4 is 17.5 Å². The fraction of sp³-hybridized carbons (Fsp3) is 0.278. The largest absolute Gasteiger partial charge is 0.294 e. The Bertz CT molecular complexity index is 599.